The Morgan fingerprint density at radius 3 is 2.54 bits per heavy atom. The van der Waals surface area contributed by atoms with Gasteiger partial charge in [-0.1, -0.05) is 11.8 Å². The molecule has 2 aromatic heterocycles. The smallest absolute Gasteiger partial charge is 0.277 e. The van der Waals surface area contributed by atoms with E-state index in [2.05, 4.69) is 15.5 Å². The van der Waals surface area contributed by atoms with E-state index < -0.39 is 11.2 Å². The second-order valence-corrected chi connectivity index (χ2v) is 6.75. The van der Waals surface area contributed by atoms with Crippen LogP contribution in [0, 0.1) is 6.92 Å². The quantitative estimate of drug-likeness (QED) is 0.637. The first-order valence-electron chi connectivity index (χ1n) is 7.69. The fourth-order valence-corrected chi connectivity index (χ4v) is 2.82. The molecule has 0 aliphatic heterocycles. The van der Waals surface area contributed by atoms with Crippen LogP contribution in [0.25, 0.3) is 11.5 Å². The molecule has 2 heterocycles. The summed E-state index contributed by atoms with van der Waals surface area (Å²) in [7, 11) is 0. The summed E-state index contributed by atoms with van der Waals surface area (Å²) >= 11 is 1.15. The van der Waals surface area contributed by atoms with Crippen molar-refractivity contribution in [1.29, 1.82) is 0 Å². The summed E-state index contributed by atoms with van der Waals surface area (Å²) in [6.07, 6.45) is 1.54. The maximum Gasteiger partial charge on any atom is 0.277 e. The Kier molecular flexibility index (Phi) is 5.08. The number of nitrogens with zero attached hydrogens (tertiary/aromatic N) is 2. The first-order valence-corrected chi connectivity index (χ1v) is 8.57. The molecule has 9 heteroatoms. The molecule has 26 heavy (non-hydrogen) atoms. The van der Waals surface area contributed by atoms with E-state index in [9.17, 15) is 9.59 Å². The Labute approximate surface area is 153 Å². The number of nitrogens with one attached hydrogen (secondary N) is 1. The molecule has 0 bridgehead atoms. The predicted molar refractivity (Wildman–Crippen MR) is 95.6 cm³/mol. The monoisotopic (exact) mass is 372 g/mol. The highest BCUT2D eigenvalue weighted by molar-refractivity contribution is 8.00. The number of carbonyl (C=O) groups is 2. The summed E-state index contributed by atoms with van der Waals surface area (Å²) in [4.78, 5) is 23.4. The summed E-state index contributed by atoms with van der Waals surface area (Å²) in [5, 5.41) is 10.5. The molecular formula is C17H16N4O4S. The zero-order chi connectivity index (χ0) is 18.7. The third-order valence-corrected chi connectivity index (χ3v) is 4.51. The molecule has 3 aromatic rings. The highest BCUT2D eigenvalue weighted by Crippen LogP contribution is 2.28. The third kappa shape index (κ3) is 3.94. The number of rotatable bonds is 6. The molecule has 0 spiro atoms. The first-order chi connectivity index (χ1) is 12.4. The van der Waals surface area contributed by atoms with Crippen molar-refractivity contribution in [3.63, 3.8) is 0 Å². The molecule has 0 aliphatic rings. The number of carbonyl (C=O) groups excluding carboxylic acids is 2. The lowest BCUT2D eigenvalue weighted by Gasteiger charge is -2.10. The van der Waals surface area contributed by atoms with Crippen LogP contribution in [0.5, 0.6) is 0 Å². The van der Waals surface area contributed by atoms with Crippen molar-refractivity contribution in [2.45, 2.75) is 24.3 Å². The van der Waals surface area contributed by atoms with Crippen molar-refractivity contribution >= 4 is 29.3 Å². The molecule has 0 saturated carbocycles. The first kappa shape index (κ1) is 17.7. The highest BCUT2D eigenvalue weighted by atomic mass is 32.2. The van der Waals surface area contributed by atoms with Crippen molar-refractivity contribution in [3.8, 4) is 11.5 Å². The SMILES string of the molecule is Cc1occc1-c1nnc(SC(C)C(=O)Nc2ccc(C(N)=O)cc2)o1. The topological polar surface area (TPSA) is 124 Å². The van der Waals surface area contributed by atoms with Crippen molar-refractivity contribution in [2.75, 3.05) is 5.32 Å². The molecule has 8 nitrogen and oxygen atoms in total. The average Bonchev–Trinajstić information content (AvgIpc) is 3.23. The molecule has 0 aliphatic carbocycles. The molecule has 1 unspecified atom stereocenters. The van der Waals surface area contributed by atoms with E-state index in [1.165, 1.54) is 0 Å². The number of hydrogen-bond donors (Lipinski definition) is 2. The van der Waals surface area contributed by atoms with E-state index >= 15 is 0 Å². The Morgan fingerprint density at radius 1 is 1.19 bits per heavy atom. The Hall–Kier alpha value is -3.07. The highest BCUT2D eigenvalue weighted by Gasteiger charge is 2.20. The molecule has 2 amide bonds. The lowest BCUT2D eigenvalue weighted by Crippen LogP contribution is -2.22. The lowest BCUT2D eigenvalue weighted by molar-refractivity contribution is -0.115. The summed E-state index contributed by atoms with van der Waals surface area (Å²) in [6.45, 7) is 3.52. The van der Waals surface area contributed by atoms with E-state index in [1.807, 2.05) is 0 Å². The van der Waals surface area contributed by atoms with Crippen LogP contribution < -0.4 is 11.1 Å². The number of aryl methyl sites for hydroxylation is 1. The van der Waals surface area contributed by atoms with Gasteiger partial charge in [-0.05, 0) is 44.2 Å². The van der Waals surface area contributed by atoms with Crippen molar-refractivity contribution in [1.82, 2.24) is 10.2 Å². The zero-order valence-electron chi connectivity index (χ0n) is 14.1. The van der Waals surface area contributed by atoms with E-state index in [-0.39, 0.29) is 11.1 Å². The minimum absolute atomic E-state index is 0.235. The van der Waals surface area contributed by atoms with Gasteiger partial charge in [0.1, 0.15) is 5.76 Å². The minimum atomic E-state index is -0.521. The van der Waals surface area contributed by atoms with Gasteiger partial charge in [-0.15, -0.1) is 10.2 Å². The van der Waals surface area contributed by atoms with Crippen LogP contribution >= 0.6 is 11.8 Å². The van der Waals surface area contributed by atoms with Crippen molar-refractivity contribution in [3.05, 3.63) is 47.9 Å². The number of nitrogens with two attached hydrogens (primary N) is 1. The molecule has 3 rings (SSSR count). The van der Waals surface area contributed by atoms with E-state index in [1.54, 1.807) is 50.4 Å². The standard InChI is InChI=1S/C17H16N4O4S/c1-9-13(7-8-24-9)16-20-21-17(25-16)26-10(2)15(23)19-12-5-3-11(4-6-12)14(18)22/h3-8,10H,1-2H3,(H2,18,22)(H,19,23). The van der Waals surface area contributed by atoms with Crippen molar-refractivity contribution < 1.29 is 18.4 Å². The van der Waals surface area contributed by atoms with Crippen LogP contribution in [0.1, 0.15) is 23.0 Å². The summed E-state index contributed by atoms with van der Waals surface area (Å²) in [6, 6.07) is 8.06. The number of amides is 2. The number of anilines is 1. The second-order valence-electron chi connectivity index (χ2n) is 5.45. The third-order valence-electron chi connectivity index (χ3n) is 3.58. The van der Waals surface area contributed by atoms with Crippen LogP contribution in [0.4, 0.5) is 5.69 Å². The van der Waals surface area contributed by atoms with E-state index in [0.717, 1.165) is 17.3 Å². The van der Waals surface area contributed by atoms with Gasteiger partial charge in [0.2, 0.25) is 11.8 Å². The van der Waals surface area contributed by atoms with Gasteiger partial charge in [0.15, 0.2) is 0 Å². The second kappa shape index (κ2) is 7.44. The van der Waals surface area contributed by atoms with Gasteiger partial charge in [-0.25, -0.2) is 0 Å². The number of primary amides is 1. The van der Waals surface area contributed by atoms with Gasteiger partial charge in [-0.2, -0.15) is 0 Å². The lowest BCUT2D eigenvalue weighted by atomic mass is 10.2. The average molecular weight is 372 g/mol. The molecular weight excluding hydrogens is 356 g/mol. The van der Waals surface area contributed by atoms with Crippen LogP contribution in [0.2, 0.25) is 0 Å². The van der Waals surface area contributed by atoms with Gasteiger partial charge < -0.3 is 19.9 Å². The predicted octanol–water partition coefficient (Wildman–Crippen LogP) is 2.86. The Bertz CT molecular complexity index is 932. The molecule has 3 N–H and O–H groups in total. The Morgan fingerprint density at radius 2 is 1.92 bits per heavy atom. The normalized spacial score (nSPS) is 11.9. The summed E-state index contributed by atoms with van der Waals surface area (Å²) < 4.78 is 10.8. The van der Waals surface area contributed by atoms with Gasteiger partial charge >= 0.3 is 0 Å². The fraction of sp³-hybridized carbons (Fsp3) is 0.176. The summed E-state index contributed by atoms with van der Waals surface area (Å²) in [5.74, 6) is 0.261. The Balaban J connectivity index is 1.61. The van der Waals surface area contributed by atoms with Gasteiger partial charge in [0, 0.05) is 11.3 Å². The van der Waals surface area contributed by atoms with Gasteiger partial charge in [0.25, 0.3) is 11.1 Å². The molecule has 134 valence electrons. The van der Waals surface area contributed by atoms with Gasteiger partial charge in [0.05, 0.1) is 17.1 Å². The van der Waals surface area contributed by atoms with E-state index in [0.29, 0.717) is 22.9 Å². The maximum atomic E-state index is 12.3. The van der Waals surface area contributed by atoms with Crippen LogP contribution in [-0.4, -0.2) is 27.3 Å². The zero-order valence-corrected chi connectivity index (χ0v) is 14.9. The maximum absolute atomic E-state index is 12.3. The number of benzene rings is 1. The van der Waals surface area contributed by atoms with Crippen LogP contribution in [0.15, 0.2) is 50.7 Å². The number of hydrogen-bond acceptors (Lipinski definition) is 7. The van der Waals surface area contributed by atoms with Crippen LogP contribution in [-0.2, 0) is 4.79 Å². The largest absolute Gasteiger partial charge is 0.469 e. The molecule has 0 fully saturated rings. The molecule has 0 radical (unpaired) electrons. The number of furan rings is 1. The molecule has 1 atom stereocenters. The number of thioether (sulfide) groups is 1. The summed E-state index contributed by atoms with van der Waals surface area (Å²) in [5.41, 5.74) is 6.84. The number of aromatic nitrogens is 2. The van der Waals surface area contributed by atoms with E-state index in [4.69, 9.17) is 14.6 Å². The minimum Gasteiger partial charge on any atom is -0.469 e. The van der Waals surface area contributed by atoms with Crippen LogP contribution in [0.3, 0.4) is 0 Å². The van der Waals surface area contributed by atoms with Crippen molar-refractivity contribution in [2.24, 2.45) is 5.73 Å². The van der Waals surface area contributed by atoms with Gasteiger partial charge in [-0.3, -0.25) is 9.59 Å². The molecule has 0 saturated heterocycles. The fourth-order valence-electron chi connectivity index (χ4n) is 2.14. The molecule has 1 aromatic carbocycles.